The zero-order chi connectivity index (χ0) is 14.7. The van der Waals surface area contributed by atoms with Gasteiger partial charge in [0.15, 0.2) is 0 Å². The summed E-state index contributed by atoms with van der Waals surface area (Å²) in [4.78, 5) is 0. The molecule has 0 spiro atoms. The van der Waals surface area contributed by atoms with Crippen LogP contribution in [0.25, 0.3) is 0 Å². The minimum absolute atomic E-state index is 0.0611. The summed E-state index contributed by atoms with van der Waals surface area (Å²) in [6.45, 7) is 1.94. The van der Waals surface area contributed by atoms with Gasteiger partial charge in [-0.25, -0.2) is 0 Å². The van der Waals surface area contributed by atoms with Crippen molar-refractivity contribution < 1.29 is 4.74 Å². The van der Waals surface area contributed by atoms with Gasteiger partial charge >= 0.3 is 0 Å². The lowest BCUT2D eigenvalue weighted by atomic mass is 10.1. The van der Waals surface area contributed by atoms with Crippen molar-refractivity contribution in [1.29, 1.82) is 0 Å². The lowest BCUT2D eigenvalue weighted by molar-refractivity contribution is 0.482. The first-order valence-electron chi connectivity index (χ1n) is 6.12. The van der Waals surface area contributed by atoms with Gasteiger partial charge < -0.3 is 10.5 Å². The fourth-order valence-electron chi connectivity index (χ4n) is 1.83. The molecule has 2 nitrogen and oxygen atoms in total. The molecule has 2 N–H and O–H groups in total. The highest BCUT2D eigenvalue weighted by Gasteiger charge is 2.07. The molecule has 0 radical (unpaired) electrons. The molecule has 0 bridgehead atoms. The molecule has 5 heteroatoms. The number of hydrogen-bond acceptors (Lipinski definition) is 2. The maximum atomic E-state index is 6.21. The number of ether oxygens (including phenoxy) is 1. The Morgan fingerprint density at radius 2 is 1.65 bits per heavy atom. The fourth-order valence-corrected chi connectivity index (χ4v) is 2.58. The van der Waals surface area contributed by atoms with E-state index in [-0.39, 0.29) is 6.04 Å². The van der Waals surface area contributed by atoms with Crippen molar-refractivity contribution in [3.63, 3.8) is 0 Å². The van der Waals surface area contributed by atoms with Gasteiger partial charge in [0.2, 0.25) is 0 Å². The molecule has 0 saturated carbocycles. The molecule has 2 aromatic rings. The molecule has 0 aliphatic rings. The SMILES string of the molecule is CC(N)Cc1ccc(Oc2cc(Cl)cc(Cl)c2)cc1Cl. The third kappa shape index (κ3) is 4.29. The first kappa shape index (κ1) is 15.5. The topological polar surface area (TPSA) is 35.2 Å². The third-order valence-corrected chi connectivity index (χ3v) is 3.43. The minimum Gasteiger partial charge on any atom is -0.457 e. The molecule has 0 heterocycles. The summed E-state index contributed by atoms with van der Waals surface area (Å²) in [6, 6.07) is 10.6. The highest BCUT2D eigenvalue weighted by Crippen LogP contribution is 2.30. The highest BCUT2D eigenvalue weighted by molar-refractivity contribution is 6.34. The van der Waals surface area contributed by atoms with E-state index in [0.29, 0.717) is 26.6 Å². The molecule has 1 atom stereocenters. The van der Waals surface area contributed by atoms with Gasteiger partial charge in [-0.15, -0.1) is 0 Å². The van der Waals surface area contributed by atoms with Crippen LogP contribution in [0.5, 0.6) is 11.5 Å². The smallest absolute Gasteiger partial charge is 0.130 e. The number of rotatable bonds is 4. The molecular formula is C15H14Cl3NO. The van der Waals surface area contributed by atoms with E-state index >= 15 is 0 Å². The molecule has 0 aliphatic heterocycles. The Morgan fingerprint density at radius 1 is 1.00 bits per heavy atom. The van der Waals surface area contributed by atoms with Crippen molar-refractivity contribution in [2.24, 2.45) is 5.73 Å². The molecule has 20 heavy (non-hydrogen) atoms. The Kier molecular flexibility index (Phi) is 5.17. The number of halogens is 3. The van der Waals surface area contributed by atoms with E-state index in [9.17, 15) is 0 Å². The zero-order valence-corrected chi connectivity index (χ0v) is 13.1. The molecule has 0 amide bonds. The first-order valence-corrected chi connectivity index (χ1v) is 7.25. The minimum atomic E-state index is 0.0611. The lowest BCUT2D eigenvalue weighted by Gasteiger charge is -2.11. The van der Waals surface area contributed by atoms with Crippen molar-refractivity contribution in [1.82, 2.24) is 0 Å². The van der Waals surface area contributed by atoms with Crippen molar-refractivity contribution in [3.8, 4) is 11.5 Å². The fraction of sp³-hybridized carbons (Fsp3) is 0.200. The average molecular weight is 331 g/mol. The quantitative estimate of drug-likeness (QED) is 0.822. The van der Waals surface area contributed by atoms with Crippen LogP contribution in [0.15, 0.2) is 36.4 Å². The Bertz CT molecular complexity index is 594. The Morgan fingerprint density at radius 3 is 2.20 bits per heavy atom. The highest BCUT2D eigenvalue weighted by atomic mass is 35.5. The number of benzene rings is 2. The average Bonchev–Trinajstić information content (AvgIpc) is 2.31. The summed E-state index contributed by atoms with van der Waals surface area (Å²) < 4.78 is 5.70. The van der Waals surface area contributed by atoms with Crippen LogP contribution >= 0.6 is 34.8 Å². The molecule has 106 valence electrons. The molecule has 0 aliphatic carbocycles. The second-order valence-electron chi connectivity index (χ2n) is 4.64. The molecule has 2 aromatic carbocycles. The van der Waals surface area contributed by atoms with Gasteiger partial charge in [-0.2, -0.15) is 0 Å². The summed E-state index contributed by atoms with van der Waals surface area (Å²) in [5.41, 5.74) is 6.77. The Labute approximate surface area is 133 Å². The van der Waals surface area contributed by atoms with Crippen LogP contribution in [0.1, 0.15) is 12.5 Å². The van der Waals surface area contributed by atoms with Gasteiger partial charge in [0.05, 0.1) is 0 Å². The van der Waals surface area contributed by atoms with Crippen molar-refractivity contribution in [2.45, 2.75) is 19.4 Å². The van der Waals surface area contributed by atoms with Gasteiger partial charge in [-0.3, -0.25) is 0 Å². The summed E-state index contributed by atoms with van der Waals surface area (Å²) in [7, 11) is 0. The number of hydrogen-bond donors (Lipinski definition) is 1. The zero-order valence-electron chi connectivity index (χ0n) is 10.9. The second-order valence-corrected chi connectivity index (χ2v) is 5.92. The van der Waals surface area contributed by atoms with Crippen molar-refractivity contribution in [2.75, 3.05) is 0 Å². The molecule has 0 aromatic heterocycles. The van der Waals surface area contributed by atoms with Gasteiger partial charge in [-0.1, -0.05) is 40.9 Å². The van der Waals surface area contributed by atoms with E-state index in [0.717, 1.165) is 12.0 Å². The van der Waals surface area contributed by atoms with Crippen LogP contribution in [0.4, 0.5) is 0 Å². The van der Waals surface area contributed by atoms with E-state index in [4.69, 9.17) is 45.3 Å². The largest absolute Gasteiger partial charge is 0.457 e. The van der Waals surface area contributed by atoms with Crippen LogP contribution in [0.2, 0.25) is 15.1 Å². The van der Waals surface area contributed by atoms with E-state index in [1.54, 1.807) is 24.3 Å². The second kappa shape index (κ2) is 6.68. The van der Waals surface area contributed by atoms with Gasteiger partial charge in [0.1, 0.15) is 11.5 Å². The normalized spacial score (nSPS) is 12.2. The maximum absolute atomic E-state index is 6.21. The van der Waals surface area contributed by atoms with Crippen LogP contribution in [0, 0.1) is 0 Å². The third-order valence-electron chi connectivity index (χ3n) is 2.64. The van der Waals surface area contributed by atoms with Crippen LogP contribution < -0.4 is 10.5 Å². The van der Waals surface area contributed by atoms with Crippen molar-refractivity contribution >= 4 is 34.8 Å². The van der Waals surface area contributed by atoms with Gasteiger partial charge in [0.25, 0.3) is 0 Å². The monoisotopic (exact) mass is 329 g/mol. The molecular weight excluding hydrogens is 317 g/mol. The molecule has 1 unspecified atom stereocenters. The standard InChI is InChI=1S/C15H14Cl3NO/c1-9(19)4-10-2-3-13(8-15(10)18)20-14-6-11(16)5-12(17)7-14/h2-3,5-9H,4,19H2,1H3. The first-order chi connectivity index (χ1) is 9.44. The molecule has 2 rings (SSSR count). The number of nitrogens with two attached hydrogens (primary N) is 1. The van der Waals surface area contributed by atoms with Crippen molar-refractivity contribution in [3.05, 3.63) is 57.0 Å². The summed E-state index contributed by atoms with van der Waals surface area (Å²) >= 11 is 18.1. The maximum Gasteiger partial charge on any atom is 0.130 e. The van der Waals surface area contributed by atoms with Crippen LogP contribution in [0.3, 0.4) is 0 Å². The van der Waals surface area contributed by atoms with Crippen LogP contribution in [-0.2, 0) is 6.42 Å². The predicted molar refractivity (Wildman–Crippen MR) is 85.3 cm³/mol. The summed E-state index contributed by atoms with van der Waals surface area (Å²) in [6.07, 6.45) is 0.724. The Hall–Kier alpha value is -0.930. The van der Waals surface area contributed by atoms with Crippen LogP contribution in [-0.4, -0.2) is 6.04 Å². The summed E-state index contributed by atoms with van der Waals surface area (Å²) in [5.74, 6) is 1.19. The van der Waals surface area contributed by atoms with E-state index in [2.05, 4.69) is 0 Å². The predicted octanol–water partition coefficient (Wildman–Crippen LogP) is 5.33. The van der Waals surface area contributed by atoms with E-state index < -0.39 is 0 Å². The molecule has 0 saturated heterocycles. The Balaban J connectivity index is 2.19. The van der Waals surface area contributed by atoms with E-state index in [1.807, 2.05) is 19.1 Å². The summed E-state index contributed by atoms with van der Waals surface area (Å²) in [5, 5.41) is 1.67. The molecule has 0 fully saturated rings. The van der Waals surface area contributed by atoms with E-state index in [1.165, 1.54) is 0 Å². The van der Waals surface area contributed by atoms with Gasteiger partial charge in [0, 0.05) is 21.1 Å². The van der Waals surface area contributed by atoms with Gasteiger partial charge in [-0.05, 0) is 49.2 Å². The lowest BCUT2D eigenvalue weighted by Crippen LogP contribution is -2.17.